The van der Waals surface area contributed by atoms with Crippen LogP contribution in [0.1, 0.15) is 61.8 Å². The molecule has 0 atom stereocenters. The molecule has 0 aliphatic rings. The number of hydrogen-bond donors (Lipinski definition) is 0. The van der Waals surface area contributed by atoms with Gasteiger partial charge in [-0.25, -0.2) is 0 Å². The number of rotatable bonds is 8. The van der Waals surface area contributed by atoms with Crippen molar-refractivity contribution in [3.63, 3.8) is 0 Å². The zero-order chi connectivity index (χ0) is 49.9. The molecular formula is C68H46N4O2. The number of nitrogens with zero attached hydrogens (tertiary/aromatic N) is 4. The molecule has 14 aromatic rings. The van der Waals surface area contributed by atoms with Gasteiger partial charge in [0.2, 0.25) is 0 Å². The van der Waals surface area contributed by atoms with E-state index in [1.165, 1.54) is 32.7 Å². The summed E-state index contributed by atoms with van der Waals surface area (Å²) in [6.45, 7) is 9.14. The lowest BCUT2D eigenvalue weighted by molar-refractivity contribution is 0.669. The molecule has 0 radical (unpaired) electrons. The molecule has 6 nitrogen and oxygen atoms in total. The van der Waals surface area contributed by atoms with Gasteiger partial charge in [-0.05, 0) is 105 Å². The predicted molar refractivity (Wildman–Crippen MR) is 307 cm³/mol. The first-order valence-electron chi connectivity index (χ1n) is 25.3. The summed E-state index contributed by atoms with van der Waals surface area (Å²) < 4.78 is 13.8. The van der Waals surface area contributed by atoms with Crippen molar-refractivity contribution in [1.82, 2.24) is 0 Å². The standard InChI is InChI=1S/C68H46N4O2/c1-39(2)55-35-61(71(57-24-12-20-44-41(37-69)15-11-21-46(44)57)59-25-13-22-51-47-18-7-9-27-63(47)73-67(51)59)53-32-30-50-56(40(3)4)36-62(54-33-31-49(55)65(53)66(50)54)72(58-34-29-42(38-70)43-16-5-6-17-45(43)58)60-26-14-23-52-48-19-8-10-28-64(48)74-68(52)60/h5-36,39-40H,1-4H3. The lowest BCUT2D eigenvalue weighted by atomic mass is 9.84. The molecule has 0 saturated carbocycles. The Labute approximate surface area is 427 Å². The SMILES string of the molecule is CC(C)c1cc(N(c2cccc3c(C#N)cccc23)c2cccc3c2oc2ccccc23)c2ccc3c(C(C)C)cc(N(c4ccc(C#N)c5ccccc45)c4cccc5c4oc4ccccc45)c4ccc1c2c34. The van der Waals surface area contributed by atoms with E-state index in [1.54, 1.807) is 0 Å². The summed E-state index contributed by atoms with van der Waals surface area (Å²) in [6, 6.07) is 73.0. The number of benzene rings is 12. The van der Waals surface area contributed by atoms with E-state index in [1.807, 2.05) is 60.7 Å². The highest BCUT2D eigenvalue weighted by Crippen LogP contribution is 2.54. The molecule has 2 aromatic heterocycles. The fourth-order valence-corrected chi connectivity index (χ4v) is 12.1. The average Bonchev–Trinajstić information content (AvgIpc) is 4.02. The molecule has 0 unspecified atom stereocenters. The molecule has 0 aliphatic heterocycles. The van der Waals surface area contributed by atoms with Crippen LogP contribution in [0.15, 0.2) is 203 Å². The van der Waals surface area contributed by atoms with E-state index in [4.69, 9.17) is 8.83 Å². The monoisotopic (exact) mass is 950 g/mol. The molecule has 6 heteroatoms. The van der Waals surface area contributed by atoms with Crippen LogP contribution in [0.3, 0.4) is 0 Å². The lowest BCUT2D eigenvalue weighted by Gasteiger charge is -2.32. The van der Waals surface area contributed by atoms with Gasteiger partial charge in [0.25, 0.3) is 0 Å². The first-order valence-corrected chi connectivity index (χ1v) is 25.3. The summed E-state index contributed by atoms with van der Waals surface area (Å²) in [5.74, 6) is 0.298. The van der Waals surface area contributed by atoms with Gasteiger partial charge in [-0.3, -0.25) is 0 Å². The minimum absolute atomic E-state index is 0.149. The van der Waals surface area contributed by atoms with Crippen molar-refractivity contribution in [2.45, 2.75) is 39.5 Å². The van der Waals surface area contributed by atoms with Crippen LogP contribution in [0.25, 0.3) is 97.7 Å². The smallest absolute Gasteiger partial charge is 0.159 e. The Balaban J connectivity index is 1.14. The molecular weight excluding hydrogens is 905 g/mol. The normalized spacial score (nSPS) is 12.0. The highest BCUT2D eigenvalue weighted by atomic mass is 16.3. The van der Waals surface area contributed by atoms with Gasteiger partial charge in [0.05, 0.1) is 57.4 Å². The van der Waals surface area contributed by atoms with Gasteiger partial charge in [-0.1, -0.05) is 161 Å². The lowest BCUT2D eigenvalue weighted by Crippen LogP contribution is -2.14. The number of para-hydroxylation sites is 4. The molecule has 0 bridgehead atoms. The molecule has 12 aromatic carbocycles. The van der Waals surface area contributed by atoms with E-state index in [0.29, 0.717) is 11.1 Å². The fourth-order valence-electron chi connectivity index (χ4n) is 12.1. The third-order valence-electron chi connectivity index (χ3n) is 15.4. The predicted octanol–water partition coefficient (Wildman–Crippen LogP) is 19.6. The average molecular weight is 951 g/mol. The molecule has 0 spiro atoms. The number of fused-ring (bicyclic) bond motifs is 8. The molecule has 2 heterocycles. The van der Waals surface area contributed by atoms with Crippen LogP contribution < -0.4 is 9.80 Å². The van der Waals surface area contributed by atoms with Crippen LogP contribution >= 0.6 is 0 Å². The summed E-state index contributed by atoms with van der Waals surface area (Å²) in [6.07, 6.45) is 0. The fraction of sp³-hybridized carbons (Fsp3) is 0.0882. The zero-order valence-corrected chi connectivity index (χ0v) is 41.2. The highest BCUT2D eigenvalue weighted by Gasteiger charge is 2.30. The molecule has 0 aliphatic carbocycles. The van der Waals surface area contributed by atoms with E-state index in [0.717, 1.165) is 110 Å². The Bertz CT molecular complexity index is 4480. The Morgan fingerprint density at radius 3 is 1.20 bits per heavy atom. The van der Waals surface area contributed by atoms with E-state index in [2.05, 4.69) is 183 Å². The third kappa shape index (κ3) is 6.22. The minimum atomic E-state index is 0.149. The summed E-state index contributed by atoms with van der Waals surface area (Å²) in [5, 5.41) is 35.7. The van der Waals surface area contributed by atoms with Crippen LogP contribution in [0.5, 0.6) is 0 Å². The second kappa shape index (κ2) is 16.5. The summed E-state index contributed by atoms with van der Waals surface area (Å²) >= 11 is 0. The topological polar surface area (TPSA) is 80.3 Å². The van der Waals surface area contributed by atoms with Gasteiger partial charge in [0.1, 0.15) is 11.2 Å². The van der Waals surface area contributed by atoms with Gasteiger partial charge in [-0.2, -0.15) is 10.5 Å². The largest absolute Gasteiger partial charge is 0.454 e. The van der Waals surface area contributed by atoms with Crippen molar-refractivity contribution in [1.29, 1.82) is 10.5 Å². The van der Waals surface area contributed by atoms with Crippen molar-refractivity contribution in [3.8, 4) is 12.1 Å². The molecule has 14 rings (SSSR count). The second-order valence-electron chi connectivity index (χ2n) is 20.1. The summed E-state index contributed by atoms with van der Waals surface area (Å²) in [4.78, 5) is 4.77. The first-order chi connectivity index (χ1) is 36.3. The quantitative estimate of drug-likeness (QED) is 0.141. The molecule has 350 valence electrons. The zero-order valence-electron chi connectivity index (χ0n) is 41.2. The summed E-state index contributed by atoms with van der Waals surface area (Å²) in [7, 11) is 0. The number of hydrogen-bond acceptors (Lipinski definition) is 6. The first kappa shape index (κ1) is 43.2. The van der Waals surface area contributed by atoms with Crippen LogP contribution in [-0.4, -0.2) is 0 Å². The van der Waals surface area contributed by atoms with E-state index < -0.39 is 0 Å². The highest BCUT2D eigenvalue weighted by molar-refractivity contribution is 6.30. The molecule has 0 N–H and O–H groups in total. The maximum atomic E-state index is 10.4. The Morgan fingerprint density at radius 1 is 0.324 bits per heavy atom. The van der Waals surface area contributed by atoms with Gasteiger partial charge < -0.3 is 18.6 Å². The Hall–Kier alpha value is -9.62. The number of anilines is 6. The van der Waals surface area contributed by atoms with E-state index >= 15 is 0 Å². The maximum Gasteiger partial charge on any atom is 0.159 e. The van der Waals surface area contributed by atoms with Crippen LogP contribution in [0.4, 0.5) is 34.1 Å². The van der Waals surface area contributed by atoms with Crippen LogP contribution in [0.2, 0.25) is 0 Å². The van der Waals surface area contributed by atoms with Crippen molar-refractivity contribution in [3.05, 3.63) is 216 Å². The van der Waals surface area contributed by atoms with Crippen LogP contribution in [-0.2, 0) is 0 Å². The molecule has 0 fully saturated rings. The maximum absolute atomic E-state index is 10.4. The number of nitriles is 2. The van der Waals surface area contributed by atoms with Crippen molar-refractivity contribution >= 4 is 132 Å². The van der Waals surface area contributed by atoms with Gasteiger partial charge in [-0.15, -0.1) is 0 Å². The van der Waals surface area contributed by atoms with Crippen molar-refractivity contribution in [2.24, 2.45) is 0 Å². The van der Waals surface area contributed by atoms with E-state index in [9.17, 15) is 10.5 Å². The van der Waals surface area contributed by atoms with Gasteiger partial charge >= 0.3 is 0 Å². The van der Waals surface area contributed by atoms with Crippen molar-refractivity contribution < 1.29 is 8.83 Å². The van der Waals surface area contributed by atoms with Gasteiger partial charge in [0, 0.05) is 53.9 Å². The third-order valence-corrected chi connectivity index (χ3v) is 15.4. The number of furan rings is 2. The Kier molecular flexibility index (Phi) is 9.61. The molecule has 0 saturated heterocycles. The van der Waals surface area contributed by atoms with E-state index in [-0.39, 0.29) is 11.8 Å². The summed E-state index contributed by atoms with van der Waals surface area (Å²) in [5.41, 5.74) is 12.6. The molecule has 74 heavy (non-hydrogen) atoms. The van der Waals surface area contributed by atoms with Gasteiger partial charge in [0.15, 0.2) is 11.2 Å². The van der Waals surface area contributed by atoms with Crippen LogP contribution in [0, 0.1) is 22.7 Å². The Morgan fingerprint density at radius 2 is 0.703 bits per heavy atom. The second-order valence-corrected chi connectivity index (χ2v) is 20.1. The molecule has 0 amide bonds. The van der Waals surface area contributed by atoms with Crippen molar-refractivity contribution in [2.75, 3.05) is 9.80 Å². The minimum Gasteiger partial charge on any atom is -0.454 e.